The normalized spacial score (nSPS) is 11.1. The number of hydrogen-bond donors (Lipinski definition) is 1. The van der Waals surface area contributed by atoms with Crippen LogP contribution in [0.5, 0.6) is 5.75 Å². The summed E-state index contributed by atoms with van der Waals surface area (Å²) >= 11 is 0. The molecule has 0 aliphatic heterocycles. The van der Waals surface area contributed by atoms with E-state index in [1.807, 2.05) is 19.1 Å². The highest BCUT2D eigenvalue weighted by atomic mass is 19.3. The van der Waals surface area contributed by atoms with Gasteiger partial charge in [0.2, 0.25) is 0 Å². The largest absolute Gasteiger partial charge is 0.432 e. The fourth-order valence-electron chi connectivity index (χ4n) is 2.02. The highest BCUT2D eigenvalue weighted by Crippen LogP contribution is 2.31. The van der Waals surface area contributed by atoms with Crippen molar-refractivity contribution in [2.24, 2.45) is 0 Å². The third-order valence-electron chi connectivity index (χ3n) is 2.73. The summed E-state index contributed by atoms with van der Waals surface area (Å²) in [4.78, 5) is 4.34. The van der Waals surface area contributed by atoms with Crippen LogP contribution in [-0.2, 0) is 11.3 Å². The molecule has 0 aliphatic rings. The minimum atomic E-state index is -2.88. The zero-order chi connectivity index (χ0) is 14.5. The predicted molar refractivity (Wildman–Crippen MR) is 73.3 cm³/mol. The lowest BCUT2D eigenvalue weighted by atomic mass is 10.1. The molecule has 2 aromatic rings. The summed E-state index contributed by atoms with van der Waals surface area (Å²) in [5.41, 5.74) is 1.88. The van der Waals surface area contributed by atoms with Crippen LogP contribution in [0.15, 0.2) is 24.3 Å². The van der Waals surface area contributed by atoms with E-state index in [1.54, 1.807) is 13.2 Å². The van der Waals surface area contributed by atoms with Gasteiger partial charge in [0, 0.05) is 24.7 Å². The lowest BCUT2D eigenvalue weighted by Crippen LogP contribution is -2.05. The van der Waals surface area contributed by atoms with E-state index in [1.165, 1.54) is 6.07 Å². The topological polar surface area (TPSA) is 43.4 Å². The number of pyridine rings is 1. The van der Waals surface area contributed by atoms with Crippen molar-refractivity contribution in [3.63, 3.8) is 0 Å². The van der Waals surface area contributed by atoms with Crippen molar-refractivity contribution in [1.82, 2.24) is 4.98 Å². The van der Waals surface area contributed by atoms with E-state index in [9.17, 15) is 8.78 Å². The van der Waals surface area contributed by atoms with E-state index in [-0.39, 0.29) is 5.75 Å². The minimum Gasteiger partial charge on any atom is -0.432 e. The van der Waals surface area contributed by atoms with Crippen LogP contribution in [0.1, 0.15) is 12.6 Å². The highest BCUT2D eigenvalue weighted by Gasteiger charge is 2.13. The minimum absolute atomic E-state index is 0.0645. The number of anilines is 1. The van der Waals surface area contributed by atoms with Gasteiger partial charge in [-0.25, -0.2) is 4.98 Å². The highest BCUT2D eigenvalue weighted by molar-refractivity contribution is 5.95. The molecule has 0 unspecified atom stereocenters. The Hall–Kier alpha value is -1.95. The Morgan fingerprint density at radius 1 is 1.35 bits per heavy atom. The van der Waals surface area contributed by atoms with Crippen LogP contribution in [0, 0.1) is 0 Å². The van der Waals surface area contributed by atoms with E-state index in [0.717, 1.165) is 11.1 Å². The van der Waals surface area contributed by atoms with Gasteiger partial charge in [-0.15, -0.1) is 0 Å². The van der Waals surface area contributed by atoms with Gasteiger partial charge >= 0.3 is 6.61 Å². The van der Waals surface area contributed by atoms with Gasteiger partial charge in [-0.05, 0) is 19.1 Å². The van der Waals surface area contributed by atoms with Crippen LogP contribution in [0.4, 0.5) is 14.5 Å². The van der Waals surface area contributed by atoms with Gasteiger partial charge in [-0.1, -0.05) is 12.1 Å². The standard InChI is InChI=1S/C14H16F2N2O2/c1-3-17-11-7-9(8-19-2)18-13-10(11)5-4-6-12(13)20-14(15)16/h4-7,14H,3,8H2,1-2H3,(H,17,18). The number of methoxy groups -OCH3 is 1. The number of nitrogens with zero attached hydrogens (tertiary/aromatic N) is 1. The molecule has 0 bridgehead atoms. The first-order valence-electron chi connectivity index (χ1n) is 6.26. The quantitative estimate of drug-likeness (QED) is 0.881. The Morgan fingerprint density at radius 3 is 2.80 bits per heavy atom. The van der Waals surface area contributed by atoms with Gasteiger partial charge < -0.3 is 14.8 Å². The average molecular weight is 282 g/mol. The van der Waals surface area contributed by atoms with Gasteiger partial charge in [-0.3, -0.25) is 0 Å². The Morgan fingerprint density at radius 2 is 2.15 bits per heavy atom. The number of nitrogens with one attached hydrogen (secondary N) is 1. The second-order valence-corrected chi connectivity index (χ2v) is 4.16. The Labute approximate surface area is 115 Å². The molecule has 0 aliphatic carbocycles. The van der Waals surface area contributed by atoms with Crippen molar-refractivity contribution < 1.29 is 18.3 Å². The number of halogens is 2. The molecule has 20 heavy (non-hydrogen) atoms. The maximum absolute atomic E-state index is 12.5. The molecule has 1 N–H and O–H groups in total. The van der Waals surface area contributed by atoms with Crippen LogP contribution in [0.25, 0.3) is 10.9 Å². The molecular weight excluding hydrogens is 266 g/mol. The van der Waals surface area contributed by atoms with E-state index in [2.05, 4.69) is 15.0 Å². The molecule has 0 spiro atoms. The maximum Gasteiger partial charge on any atom is 0.387 e. The number of rotatable bonds is 6. The molecule has 2 rings (SSSR count). The van der Waals surface area contributed by atoms with Crippen molar-refractivity contribution in [3.05, 3.63) is 30.0 Å². The SMILES string of the molecule is CCNc1cc(COC)nc2c(OC(F)F)cccc12. The first-order valence-corrected chi connectivity index (χ1v) is 6.26. The van der Waals surface area contributed by atoms with Crippen LogP contribution in [-0.4, -0.2) is 25.3 Å². The summed E-state index contributed by atoms with van der Waals surface area (Å²) in [6.07, 6.45) is 0. The number of fused-ring (bicyclic) bond motifs is 1. The molecule has 0 saturated carbocycles. The fourth-order valence-corrected chi connectivity index (χ4v) is 2.02. The zero-order valence-corrected chi connectivity index (χ0v) is 11.3. The molecule has 0 saturated heterocycles. The number of hydrogen-bond acceptors (Lipinski definition) is 4. The van der Waals surface area contributed by atoms with E-state index in [4.69, 9.17) is 4.74 Å². The van der Waals surface area contributed by atoms with Gasteiger partial charge in [0.25, 0.3) is 0 Å². The smallest absolute Gasteiger partial charge is 0.387 e. The second kappa shape index (κ2) is 6.47. The second-order valence-electron chi connectivity index (χ2n) is 4.16. The average Bonchev–Trinajstić information content (AvgIpc) is 2.40. The molecule has 0 radical (unpaired) electrons. The Kier molecular flexibility index (Phi) is 4.68. The van der Waals surface area contributed by atoms with Crippen LogP contribution < -0.4 is 10.1 Å². The third kappa shape index (κ3) is 3.14. The van der Waals surface area contributed by atoms with Crippen LogP contribution >= 0.6 is 0 Å². The summed E-state index contributed by atoms with van der Waals surface area (Å²) in [6.45, 7) is 0.0981. The summed E-state index contributed by atoms with van der Waals surface area (Å²) in [7, 11) is 1.56. The van der Waals surface area contributed by atoms with Crippen molar-refractivity contribution in [2.45, 2.75) is 20.1 Å². The summed E-state index contributed by atoms with van der Waals surface area (Å²) in [5, 5.41) is 3.93. The molecule has 1 heterocycles. The van der Waals surface area contributed by atoms with Crippen molar-refractivity contribution in [2.75, 3.05) is 19.0 Å². The van der Waals surface area contributed by atoms with Crippen LogP contribution in [0.2, 0.25) is 0 Å². The van der Waals surface area contributed by atoms with Crippen molar-refractivity contribution >= 4 is 16.6 Å². The number of alkyl halides is 2. The van der Waals surface area contributed by atoms with Gasteiger partial charge in [0.15, 0.2) is 5.75 Å². The van der Waals surface area contributed by atoms with Crippen molar-refractivity contribution in [1.29, 1.82) is 0 Å². The molecule has 4 nitrogen and oxygen atoms in total. The molecule has 0 fully saturated rings. The lowest BCUT2D eigenvalue weighted by Gasteiger charge is -2.13. The Balaban J connectivity index is 2.59. The fraction of sp³-hybridized carbons (Fsp3) is 0.357. The summed E-state index contributed by atoms with van der Waals surface area (Å²) in [5.74, 6) is 0.0645. The number of para-hydroxylation sites is 1. The predicted octanol–water partition coefficient (Wildman–Crippen LogP) is 3.41. The zero-order valence-electron chi connectivity index (χ0n) is 11.3. The summed E-state index contributed by atoms with van der Waals surface area (Å²) < 4.78 is 34.5. The number of aromatic nitrogens is 1. The van der Waals surface area contributed by atoms with Gasteiger partial charge in [0.1, 0.15) is 5.52 Å². The van der Waals surface area contributed by atoms with Crippen LogP contribution in [0.3, 0.4) is 0 Å². The lowest BCUT2D eigenvalue weighted by molar-refractivity contribution is -0.0489. The molecule has 108 valence electrons. The first kappa shape index (κ1) is 14.5. The molecule has 0 amide bonds. The summed E-state index contributed by atoms with van der Waals surface area (Å²) in [6, 6.07) is 6.81. The molecule has 1 aromatic heterocycles. The molecule has 0 atom stereocenters. The Bertz CT molecular complexity index is 591. The monoisotopic (exact) mass is 282 g/mol. The van der Waals surface area contributed by atoms with E-state index < -0.39 is 6.61 Å². The first-order chi connectivity index (χ1) is 9.65. The number of benzene rings is 1. The molecule has 6 heteroatoms. The number of ether oxygens (including phenoxy) is 2. The van der Waals surface area contributed by atoms with Gasteiger partial charge in [0.05, 0.1) is 12.3 Å². The molecule has 1 aromatic carbocycles. The van der Waals surface area contributed by atoms with E-state index >= 15 is 0 Å². The van der Waals surface area contributed by atoms with E-state index in [0.29, 0.717) is 24.4 Å². The molecular formula is C14H16F2N2O2. The van der Waals surface area contributed by atoms with Gasteiger partial charge in [-0.2, -0.15) is 8.78 Å². The maximum atomic E-state index is 12.5. The third-order valence-corrected chi connectivity index (χ3v) is 2.73. The van der Waals surface area contributed by atoms with Crippen molar-refractivity contribution in [3.8, 4) is 5.75 Å².